The van der Waals surface area contributed by atoms with Gasteiger partial charge in [0.25, 0.3) is 0 Å². The Morgan fingerprint density at radius 3 is 2.62 bits per heavy atom. The van der Waals surface area contributed by atoms with Crippen molar-refractivity contribution in [2.75, 3.05) is 0 Å². The van der Waals surface area contributed by atoms with Crippen LogP contribution in [0.25, 0.3) is 10.9 Å². The molecule has 2 aromatic rings. The first-order chi connectivity index (χ1) is 11.6. The number of benzene rings is 1. The molecule has 126 valence electrons. The number of nitrogens with zero attached hydrogens (tertiary/aromatic N) is 1. The molecule has 0 radical (unpaired) electrons. The zero-order chi connectivity index (χ0) is 16.9. The number of carbonyl (C=O) groups excluding carboxylic acids is 2. The molecule has 1 fully saturated rings. The lowest BCUT2D eigenvalue weighted by Crippen LogP contribution is -2.48. The van der Waals surface area contributed by atoms with Gasteiger partial charge in [-0.2, -0.15) is 0 Å². The summed E-state index contributed by atoms with van der Waals surface area (Å²) in [5, 5.41) is 3.87. The van der Waals surface area contributed by atoms with Crippen molar-refractivity contribution in [2.24, 2.45) is 11.7 Å². The van der Waals surface area contributed by atoms with Gasteiger partial charge < -0.3 is 11.1 Å². The Morgan fingerprint density at radius 2 is 1.88 bits per heavy atom. The van der Waals surface area contributed by atoms with Gasteiger partial charge >= 0.3 is 0 Å². The molecular weight excluding hydrogens is 302 g/mol. The summed E-state index contributed by atoms with van der Waals surface area (Å²) < 4.78 is 0. The van der Waals surface area contributed by atoms with Gasteiger partial charge in [-0.1, -0.05) is 43.5 Å². The highest BCUT2D eigenvalue weighted by Gasteiger charge is 2.26. The van der Waals surface area contributed by atoms with E-state index < -0.39 is 11.9 Å². The first kappa shape index (κ1) is 16.4. The molecule has 2 amide bonds. The zero-order valence-corrected chi connectivity index (χ0v) is 13.7. The minimum atomic E-state index is -0.715. The largest absolute Gasteiger partial charge is 0.368 e. The van der Waals surface area contributed by atoms with Gasteiger partial charge in [0.1, 0.15) is 6.04 Å². The maximum Gasteiger partial charge on any atom is 0.240 e. The predicted octanol–water partition coefficient (Wildman–Crippen LogP) is 2.33. The summed E-state index contributed by atoms with van der Waals surface area (Å²) in [4.78, 5) is 28.7. The lowest BCUT2D eigenvalue weighted by atomic mass is 9.88. The molecule has 3 rings (SSSR count). The minimum Gasteiger partial charge on any atom is -0.368 e. The fourth-order valence-corrected chi connectivity index (χ4v) is 3.31. The van der Waals surface area contributed by atoms with E-state index in [-0.39, 0.29) is 11.8 Å². The van der Waals surface area contributed by atoms with Crippen molar-refractivity contribution in [1.29, 1.82) is 0 Å². The van der Waals surface area contributed by atoms with Crippen molar-refractivity contribution in [1.82, 2.24) is 10.3 Å². The number of hydrogen-bond donors (Lipinski definition) is 2. The number of fused-ring (bicyclic) bond motifs is 1. The highest BCUT2D eigenvalue weighted by atomic mass is 16.2. The smallest absolute Gasteiger partial charge is 0.240 e. The average molecular weight is 325 g/mol. The average Bonchev–Trinajstić information content (AvgIpc) is 2.61. The normalized spacial score (nSPS) is 16.7. The third-order valence-corrected chi connectivity index (χ3v) is 4.71. The quantitative estimate of drug-likeness (QED) is 0.885. The van der Waals surface area contributed by atoms with Crippen LogP contribution in [0.15, 0.2) is 36.4 Å². The predicted molar refractivity (Wildman–Crippen MR) is 93.1 cm³/mol. The molecule has 0 bridgehead atoms. The number of rotatable bonds is 5. The van der Waals surface area contributed by atoms with Gasteiger partial charge in [0.15, 0.2) is 0 Å². The van der Waals surface area contributed by atoms with Crippen LogP contribution in [0.3, 0.4) is 0 Å². The molecule has 1 aliphatic carbocycles. The van der Waals surface area contributed by atoms with Gasteiger partial charge in [0.2, 0.25) is 11.8 Å². The molecule has 24 heavy (non-hydrogen) atoms. The highest BCUT2D eigenvalue weighted by Crippen LogP contribution is 2.23. The van der Waals surface area contributed by atoms with Gasteiger partial charge in [0.05, 0.1) is 5.52 Å². The van der Waals surface area contributed by atoms with Gasteiger partial charge in [-0.3, -0.25) is 14.6 Å². The Balaban J connectivity index is 1.70. The van der Waals surface area contributed by atoms with Crippen molar-refractivity contribution in [2.45, 2.75) is 44.6 Å². The van der Waals surface area contributed by atoms with Gasteiger partial charge in [-0.05, 0) is 25.0 Å². The second-order valence-electron chi connectivity index (χ2n) is 6.50. The molecule has 5 heteroatoms. The van der Waals surface area contributed by atoms with Crippen molar-refractivity contribution in [3.8, 4) is 0 Å². The van der Waals surface area contributed by atoms with Crippen molar-refractivity contribution in [3.05, 3.63) is 42.1 Å². The van der Waals surface area contributed by atoms with Gasteiger partial charge in [-0.25, -0.2) is 0 Å². The Morgan fingerprint density at radius 1 is 1.12 bits per heavy atom. The molecule has 1 saturated carbocycles. The molecule has 1 aliphatic rings. The van der Waals surface area contributed by atoms with Crippen molar-refractivity contribution >= 4 is 22.7 Å². The van der Waals surface area contributed by atoms with Crippen LogP contribution in [0.1, 0.15) is 37.8 Å². The lowest BCUT2D eigenvalue weighted by Gasteiger charge is -2.23. The molecule has 0 aliphatic heterocycles. The van der Waals surface area contributed by atoms with Crippen molar-refractivity contribution < 1.29 is 9.59 Å². The summed E-state index contributed by atoms with van der Waals surface area (Å²) in [5.74, 6) is -0.571. The van der Waals surface area contributed by atoms with Crippen LogP contribution in [0, 0.1) is 5.92 Å². The topological polar surface area (TPSA) is 85.1 Å². The number of carbonyl (C=O) groups is 2. The molecule has 0 unspecified atom stereocenters. The molecular formula is C19H23N3O2. The number of para-hydroxylation sites is 1. The zero-order valence-electron chi connectivity index (χ0n) is 13.7. The van der Waals surface area contributed by atoms with E-state index in [4.69, 9.17) is 5.73 Å². The van der Waals surface area contributed by atoms with Crippen LogP contribution >= 0.6 is 0 Å². The number of aromatic nitrogens is 1. The Labute approximate surface area is 141 Å². The van der Waals surface area contributed by atoms with E-state index in [9.17, 15) is 9.59 Å². The van der Waals surface area contributed by atoms with Crippen LogP contribution in [-0.2, 0) is 16.0 Å². The summed E-state index contributed by atoms with van der Waals surface area (Å²) >= 11 is 0. The van der Waals surface area contributed by atoms with Crippen LogP contribution < -0.4 is 11.1 Å². The van der Waals surface area contributed by atoms with Crippen molar-refractivity contribution in [3.63, 3.8) is 0 Å². The molecule has 0 spiro atoms. The van der Waals surface area contributed by atoms with E-state index in [1.54, 1.807) is 0 Å². The Bertz CT molecular complexity index is 738. The molecule has 0 saturated heterocycles. The maximum absolute atomic E-state index is 12.4. The number of pyridine rings is 1. The monoisotopic (exact) mass is 325 g/mol. The summed E-state index contributed by atoms with van der Waals surface area (Å²) in [7, 11) is 0. The molecule has 1 atom stereocenters. The van der Waals surface area contributed by atoms with Crippen LogP contribution in [0.4, 0.5) is 0 Å². The van der Waals surface area contributed by atoms with Crippen LogP contribution in [0.2, 0.25) is 0 Å². The van der Waals surface area contributed by atoms with Gasteiger partial charge in [-0.15, -0.1) is 0 Å². The molecule has 3 N–H and O–H groups in total. The Hall–Kier alpha value is -2.43. The Kier molecular flexibility index (Phi) is 5.08. The summed E-state index contributed by atoms with van der Waals surface area (Å²) in [6.07, 6.45) is 5.44. The van der Waals surface area contributed by atoms with E-state index in [2.05, 4.69) is 10.3 Å². The maximum atomic E-state index is 12.4. The number of hydrogen-bond acceptors (Lipinski definition) is 3. The first-order valence-corrected chi connectivity index (χ1v) is 8.58. The first-order valence-electron chi connectivity index (χ1n) is 8.58. The standard InChI is InChI=1S/C19H23N3O2/c20-18(23)17(22-19(24)14-7-2-1-3-8-14)12-15-11-10-13-6-4-5-9-16(13)21-15/h4-6,9-11,14,17H,1-3,7-8,12H2,(H2,20,23)(H,22,24)/t17-/m1/s1. The molecule has 1 heterocycles. The van der Waals surface area contributed by atoms with Crippen LogP contribution in [0.5, 0.6) is 0 Å². The van der Waals surface area contributed by atoms with E-state index in [0.717, 1.165) is 42.3 Å². The number of nitrogens with two attached hydrogens (primary N) is 1. The molecule has 1 aromatic heterocycles. The SMILES string of the molecule is NC(=O)[C@@H](Cc1ccc2ccccc2n1)NC(=O)C1CCCCC1. The fourth-order valence-electron chi connectivity index (χ4n) is 3.31. The van der Waals surface area contributed by atoms with Crippen LogP contribution in [-0.4, -0.2) is 22.8 Å². The van der Waals surface area contributed by atoms with E-state index in [1.807, 2.05) is 36.4 Å². The second kappa shape index (κ2) is 7.43. The van der Waals surface area contributed by atoms with Gasteiger partial charge in [0, 0.05) is 23.4 Å². The highest BCUT2D eigenvalue weighted by molar-refractivity contribution is 5.88. The number of amides is 2. The fraction of sp³-hybridized carbons (Fsp3) is 0.421. The minimum absolute atomic E-state index is 0.00478. The number of nitrogens with one attached hydrogen (secondary N) is 1. The third-order valence-electron chi connectivity index (χ3n) is 4.71. The molecule has 1 aromatic carbocycles. The lowest BCUT2D eigenvalue weighted by molar-refractivity contribution is -0.130. The van der Waals surface area contributed by atoms with E-state index >= 15 is 0 Å². The summed E-state index contributed by atoms with van der Waals surface area (Å²) in [6.45, 7) is 0. The molecule has 5 nitrogen and oxygen atoms in total. The third kappa shape index (κ3) is 3.91. The number of primary amides is 1. The van der Waals surface area contributed by atoms with E-state index in [1.165, 1.54) is 6.42 Å². The second-order valence-corrected chi connectivity index (χ2v) is 6.50. The summed E-state index contributed by atoms with van der Waals surface area (Å²) in [5.41, 5.74) is 7.12. The van der Waals surface area contributed by atoms with E-state index in [0.29, 0.717) is 6.42 Å². The summed E-state index contributed by atoms with van der Waals surface area (Å²) in [6, 6.07) is 10.9.